The molecular weight excluding hydrogens is 204 g/mol. The maximum Gasteiger partial charge on any atom is 0.218 e. The molecule has 0 aliphatic heterocycles. The molecule has 0 bridgehead atoms. The topological polar surface area (TPSA) is 64.3 Å². The van der Waals surface area contributed by atoms with E-state index in [1.54, 1.807) is 7.11 Å². The Morgan fingerprint density at radius 1 is 1.50 bits per heavy atom. The lowest BCUT2D eigenvalue weighted by atomic mass is 10.1. The van der Waals surface area contributed by atoms with Crippen molar-refractivity contribution in [2.75, 3.05) is 31.6 Å². The van der Waals surface area contributed by atoms with Crippen LogP contribution in [0.2, 0.25) is 0 Å². The van der Waals surface area contributed by atoms with Gasteiger partial charge in [0.1, 0.15) is 12.1 Å². The molecule has 5 heteroatoms. The van der Waals surface area contributed by atoms with Gasteiger partial charge >= 0.3 is 0 Å². The lowest BCUT2D eigenvalue weighted by Crippen LogP contribution is -2.32. The lowest BCUT2D eigenvalue weighted by Gasteiger charge is -2.24. The first-order chi connectivity index (χ1) is 7.71. The van der Waals surface area contributed by atoms with E-state index in [2.05, 4.69) is 28.7 Å². The van der Waals surface area contributed by atoms with Crippen LogP contribution in [0.1, 0.15) is 13.8 Å². The van der Waals surface area contributed by atoms with Crippen LogP contribution in [0.3, 0.4) is 0 Å². The number of methoxy groups -OCH3 is 1. The van der Waals surface area contributed by atoms with Gasteiger partial charge < -0.3 is 15.4 Å². The average Bonchev–Trinajstić information content (AvgIpc) is 2.35. The highest BCUT2D eigenvalue weighted by Gasteiger charge is 2.10. The zero-order chi connectivity index (χ0) is 12.0. The maximum absolute atomic E-state index is 5.63. The number of nitrogens with zero attached hydrogens (tertiary/aromatic N) is 3. The third-order valence-corrected chi connectivity index (χ3v) is 2.48. The fourth-order valence-corrected chi connectivity index (χ4v) is 1.45. The average molecular weight is 224 g/mol. The highest BCUT2D eigenvalue weighted by atomic mass is 16.5. The summed E-state index contributed by atoms with van der Waals surface area (Å²) in [6.07, 6.45) is 1.52. The van der Waals surface area contributed by atoms with Gasteiger partial charge in [0.15, 0.2) is 0 Å². The van der Waals surface area contributed by atoms with Crippen LogP contribution in [0, 0.1) is 5.92 Å². The standard InChI is InChI=1S/C11H20N4O/c1-4-15(7-9(2)6-12)10-5-11(16-3)14-8-13-10/h5,8-9H,4,6-7,12H2,1-3H3. The van der Waals surface area contributed by atoms with Gasteiger partial charge in [-0.1, -0.05) is 6.92 Å². The Morgan fingerprint density at radius 2 is 2.25 bits per heavy atom. The van der Waals surface area contributed by atoms with Crippen molar-refractivity contribution in [3.63, 3.8) is 0 Å². The molecule has 1 aromatic rings. The van der Waals surface area contributed by atoms with Crippen LogP contribution in [0.15, 0.2) is 12.4 Å². The van der Waals surface area contributed by atoms with Crippen molar-refractivity contribution in [3.8, 4) is 5.88 Å². The molecule has 1 aromatic heterocycles. The molecule has 0 saturated heterocycles. The fraction of sp³-hybridized carbons (Fsp3) is 0.636. The van der Waals surface area contributed by atoms with E-state index in [9.17, 15) is 0 Å². The molecule has 90 valence electrons. The number of nitrogens with two attached hydrogens (primary N) is 1. The van der Waals surface area contributed by atoms with Crippen molar-refractivity contribution in [1.29, 1.82) is 0 Å². The summed E-state index contributed by atoms with van der Waals surface area (Å²) in [5.74, 6) is 1.92. The molecule has 0 aliphatic carbocycles. The van der Waals surface area contributed by atoms with Gasteiger partial charge in [-0.15, -0.1) is 0 Å². The molecule has 2 N–H and O–H groups in total. The van der Waals surface area contributed by atoms with E-state index in [0.29, 0.717) is 18.3 Å². The first kappa shape index (κ1) is 12.7. The van der Waals surface area contributed by atoms with E-state index in [1.165, 1.54) is 6.33 Å². The number of hydrogen-bond acceptors (Lipinski definition) is 5. The van der Waals surface area contributed by atoms with E-state index in [-0.39, 0.29) is 0 Å². The monoisotopic (exact) mass is 224 g/mol. The van der Waals surface area contributed by atoms with Crippen LogP contribution in [0.5, 0.6) is 5.88 Å². The van der Waals surface area contributed by atoms with Gasteiger partial charge in [-0.25, -0.2) is 9.97 Å². The van der Waals surface area contributed by atoms with Crippen molar-refractivity contribution in [3.05, 3.63) is 12.4 Å². The molecule has 1 atom stereocenters. The molecule has 1 heterocycles. The zero-order valence-electron chi connectivity index (χ0n) is 10.2. The van der Waals surface area contributed by atoms with Crippen molar-refractivity contribution >= 4 is 5.82 Å². The Balaban J connectivity index is 2.77. The van der Waals surface area contributed by atoms with Crippen molar-refractivity contribution in [1.82, 2.24) is 9.97 Å². The maximum atomic E-state index is 5.63. The normalized spacial score (nSPS) is 12.2. The van der Waals surface area contributed by atoms with Crippen LogP contribution in [-0.2, 0) is 0 Å². The Kier molecular flexibility index (Phi) is 4.98. The minimum atomic E-state index is 0.445. The molecule has 0 aromatic carbocycles. The lowest BCUT2D eigenvalue weighted by molar-refractivity contribution is 0.396. The molecule has 16 heavy (non-hydrogen) atoms. The number of ether oxygens (including phenoxy) is 1. The van der Waals surface area contributed by atoms with E-state index in [0.717, 1.165) is 18.9 Å². The van der Waals surface area contributed by atoms with E-state index in [4.69, 9.17) is 10.5 Å². The molecular formula is C11H20N4O. The van der Waals surface area contributed by atoms with Gasteiger partial charge in [-0.05, 0) is 19.4 Å². The second-order valence-corrected chi connectivity index (χ2v) is 3.80. The number of anilines is 1. The summed E-state index contributed by atoms with van der Waals surface area (Å²) in [6, 6.07) is 1.84. The molecule has 0 aliphatic rings. The zero-order valence-corrected chi connectivity index (χ0v) is 10.2. The second kappa shape index (κ2) is 6.27. The number of rotatable bonds is 6. The minimum absolute atomic E-state index is 0.445. The van der Waals surface area contributed by atoms with Crippen LogP contribution in [-0.4, -0.2) is 36.7 Å². The smallest absolute Gasteiger partial charge is 0.218 e. The van der Waals surface area contributed by atoms with Gasteiger partial charge in [0.25, 0.3) is 0 Å². The molecule has 5 nitrogen and oxygen atoms in total. The first-order valence-electron chi connectivity index (χ1n) is 5.52. The van der Waals surface area contributed by atoms with Crippen LogP contribution >= 0.6 is 0 Å². The van der Waals surface area contributed by atoms with Crippen LogP contribution in [0.25, 0.3) is 0 Å². The van der Waals surface area contributed by atoms with Crippen molar-refractivity contribution in [2.24, 2.45) is 11.7 Å². The van der Waals surface area contributed by atoms with Crippen molar-refractivity contribution in [2.45, 2.75) is 13.8 Å². The molecule has 0 amide bonds. The molecule has 0 saturated carbocycles. The van der Waals surface area contributed by atoms with Crippen LogP contribution in [0.4, 0.5) is 5.82 Å². The number of aromatic nitrogens is 2. The van der Waals surface area contributed by atoms with Crippen molar-refractivity contribution < 1.29 is 4.74 Å². The van der Waals surface area contributed by atoms with Crippen LogP contribution < -0.4 is 15.4 Å². The highest BCUT2D eigenvalue weighted by Crippen LogP contribution is 2.16. The summed E-state index contributed by atoms with van der Waals surface area (Å²) < 4.78 is 5.08. The van der Waals surface area contributed by atoms with Gasteiger partial charge in [0, 0.05) is 19.2 Å². The largest absolute Gasteiger partial charge is 0.481 e. The summed E-state index contributed by atoms with van der Waals surface area (Å²) in [5.41, 5.74) is 5.63. The second-order valence-electron chi connectivity index (χ2n) is 3.80. The van der Waals surface area contributed by atoms with E-state index >= 15 is 0 Å². The third-order valence-electron chi connectivity index (χ3n) is 2.48. The predicted octanol–water partition coefficient (Wildman–Crippen LogP) is 0.906. The fourth-order valence-electron chi connectivity index (χ4n) is 1.45. The number of hydrogen-bond donors (Lipinski definition) is 1. The quantitative estimate of drug-likeness (QED) is 0.778. The van der Waals surface area contributed by atoms with E-state index < -0.39 is 0 Å². The van der Waals surface area contributed by atoms with Gasteiger partial charge in [-0.2, -0.15) is 0 Å². The van der Waals surface area contributed by atoms with Gasteiger partial charge in [-0.3, -0.25) is 0 Å². The summed E-state index contributed by atoms with van der Waals surface area (Å²) in [4.78, 5) is 10.4. The molecule has 0 spiro atoms. The minimum Gasteiger partial charge on any atom is -0.481 e. The van der Waals surface area contributed by atoms with Gasteiger partial charge in [0.2, 0.25) is 5.88 Å². The molecule has 0 radical (unpaired) electrons. The third kappa shape index (κ3) is 3.34. The predicted molar refractivity (Wildman–Crippen MR) is 64.7 cm³/mol. The Bertz CT molecular complexity index is 319. The Labute approximate surface area is 96.6 Å². The highest BCUT2D eigenvalue weighted by molar-refractivity contribution is 5.40. The summed E-state index contributed by atoms with van der Waals surface area (Å²) in [6.45, 7) is 6.69. The molecule has 0 fully saturated rings. The van der Waals surface area contributed by atoms with E-state index in [1.807, 2.05) is 6.07 Å². The van der Waals surface area contributed by atoms with Gasteiger partial charge in [0.05, 0.1) is 7.11 Å². The molecule has 1 unspecified atom stereocenters. The summed E-state index contributed by atoms with van der Waals surface area (Å²) in [7, 11) is 1.60. The Morgan fingerprint density at radius 3 is 2.81 bits per heavy atom. The summed E-state index contributed by atoms with van der Waals surface area (Å²) >= 11 is 0. The SMILES string of the molecule is CCN(CC(C)CN)c1cc(OC)ncn1. The summed E-state index contributed by atoms with van der Waals surface area (Å²) in [5, 5.41) is 0. The molecule has 1 rings (SSSR count). The Hall–Kier alpha value is -1.36. The first-order valence-corrected chi connectivity index (χ1v) is 5.52.